The van der Waals surface area contributed by atoms with E-state index in [1.165, 1.54) is 35.8 Å². The van der Waals surface area contributed by atoms with Gasteiger partial charge in [-0.3, -0.25) is 14.4 Å². The number of ether oxygens (including phenoxy) is 3. The van der Waals surface area contributed by atoms with Crippen LogP contribution in [0, 0.1) is 35.5 Å². The molecular weight excluding hydrogens is 618 g/mol. The highest BCUT2D eigenvalue weighted by molar-refractivity contribution is 5.94. The van der Waals surface area contributed by atoms with Gasteiger partial charge in [0.1, 0.15) is 18.1 Å². The molecule has 12 heteroatoms. The van der Waals surface area contributed by atoms with Crippen LogP contribution in [0.4, 0.5) is 0 Å². The molecule has 1 aliphatic heterocycles. The fourth-order valence-corrected chi connectivity index (χ4v) is 5.89. The minimum absolute atomic E-state index is 0.0421. The van der Waals surface area contributed by atoms with E-state index in [1.54, 1.807) is 55.4 Å². The number of hydrogen-bond donors (Lipinski definition) is 0. The maximum Gasteiger partial charge on any atom is 0.329 e. The number of hydrogen-bond acceptors (Lipinski definition) is 9. The van der Waals surface area contributed by atoms with Crippen molar-refractivity contribution in [2.75, 3.05) is 21.1 Å². The highest BCUT2D eigenvalue weighted by atomic mass is 16.6. The number of cyclic esters (lactones) is 3. The lowest BCUT2D eigenvalue weighted by Crippen LogP contribution is -2.57. The molecule has 0 aromatic carbocycles. The predicted octanol–water partition coefficient (Wildman–Crippen LogP) is 4.32. The molecule has 48 heavy (non-hydrogen) atoms. The molecule has 0 aromatic rings. The van der Waals surface area contributed by atoms with Crippen molar-refractivity contribution >= 4 is 35.6 Å². The molecule has 0 N–H and O–H groups in total. The zero-order valence-electron chi connectivity index (χ0n) is 32.1. The summed E-state index contributed by atoms with van der Waals surface area (Å²) in [5.41, 5.74) is 0. The van der Waals surface area contributed by atoms with Crippen molar-refractivity contribution in [1.29, 1.82) is 0 Å². The second kappa shape index (κ2) is 18.5. The smallest absolute Gasteiger partial charge is 0.329 e. The third-order valence-corrected chi connectivity index (χ3v) is 9.44. The minimum atomic E-state index is -1.28. The highest BCUT2D eigenvalue weighted by Gasteiger charge is 2.45. The molecule has 1 heterocycles. The van der Waals surface area contributed by atoms with Crippen LogP contribution in [-0.4, -0.2) is 108 Å². The quantitative estimate of drug-likeness (QED) is 0.257. The molecule has 0 bridgehead atoms. The van der Waals surface area contributed by atoms with Crippen LogP contribution in [0.1, 0.15) is 102 Å². The van der Waals surface area contributed by atoms with Crippen molar-refractivity contribution in [3.63, 3.8) is 0 Å². The van der Waals surface area contributed by atoms with Gasteiger partial charge in [0.05, 0.1) is 0 Å². The van der Waals surface area contributed by atoms with E-state index in [4.69, 9.17) is 14.2 Å². The van der Waals surface area contributed by atoms with Crippen LogP contribution in [0.2, 0.25) is 0 Å². The molecular formula is C36H63N3O9. The Balaban J connectivity index is 4.02. The molecule has 0 radical (unpaired) electrons. The van der Waals surface area contributed by atoms with Crippen LogP contribution in [0.15, 0.2) is 0 Å². The molecule has 276 valence electrons. The van der Waals surface area contributed by atoms with Crippen molar-refractivity contribution in [3.8, 4) is 0 Å². The Morgan fingerprint density at radius 2 is 0.792 bits per heavy atom. The van der Waals surface area contributed by atoms with Crippen molar-refractivity contribution in [2.24, 2.45) is 35.5 Å². The SMILES string of the molecule is CC[C@H](C)[C@H]1C(=O)OC(C(C)C)C(=O)N(C)[C@@H](CC(C)C)C(=O)OC(C(C)C)C(=O)N(C)[C@@H]([C@@H](C)CC)C(=O)OC(C(C)C)C(=O)N1C. The van der Waals surface area contributed by atoms with Gasteiger partial charge in [0.15, 0.2) is 18.3 Å². The van der Waals surface area contributed by atoms with Gasteiger partial charge in [-0.05, 0) is 41.9 Å². The molecule has 0 aliphatic carbocycles. The van der Waals surface area contributed by atoms with E-state index >= 15 is 0 Å². The Kier molecular flexibility index (Phi) is 16.6. The summed E-state index contributed by atoms with van der Waals surface area (Å²) < 4.78 is 17.7. The molecule has 1 saturated heterocycles. The monoisotopic (exact) mass is 681 g/mol. The Hall–Kier alpha value is -3.18. The first-order valence-corrected chi connectivity index (χ1v) is 17.6. The standard InChI is InChI=1S/C36H63N3O9/c1-16-23(11)26-35(44)47-28(20(5)6)31(40)37(13)25(18-19(3)4)34(43)46-29(21(7)8)32(41)38(14)27(24(12)17-2)36(45)48-30(22(9)10)33(42)39(26)15/h19-30H,16-18H2,1-15H3/t23-,24-,25-,26-,27-,28?,29?,30?/m0/s1. The van der Waals surface area contributed by atoms with Gasteiger partial charge >= 0.3 is 17.9 Å². The lowest BCUT2D eigenvalue weighted by molar-refractivity contribution is -0.181. The summed E-state index contributed by atoms with van der Waals surface area (Å²) in [7, 11) is 4.38. The van der Waals surface area contributed by atoms with Crippen LogP contribution in [0.5, 0.6) is 0 Å². The summed E-state index contributed by atoms with van der Waals surface area (Å²) in [6.07, 6.45) is -2.59. The van der Waals surface area contributed by atoms with Crippen LogP contribution in [0.3, 0.4) is 0 Å². The molecule has 3 amide bonds. The third kappa shape index (κ3) is 10.4. The van der Waals surface area contributed by atoms with Crippen molar-refractivity contribution in [2.45, 2.75) is 139 Å². The number of rotatable bonds is 9. The maximum absolute atomic E-state index is 14.1. The summed E-state index contributed by atoms with van der Waals surface area (Å²) in [4.78, 5) is 87.7. The first kappa shape index (κ1) is 42.8. The molecule has 1 fully saturated rings. The van der Waals surface area contributed by atoms with Crippen molar-refractivity contribution < 1.29 is 43.0 Å². The lowest BCUT2D eigenvalue weighted by Gasteiger charge is -2.38. The largest absolute Gasteiger partial charge is 0.450 e. The summed E-state index contributed by atoms with van der Waals surface area (Å²) in [5.74, 6) is -6.39. The lowest BCUT2D eigenvalue weighted by atomic mass is 9.95. The molecule has 3 unspecified atom stereocenters. The van der Waals surface area contributed by atoms with Gasteiger partial charge < -0.3 is 28.9 Å². The van der Waals surface area contributed by atoms with E-state index < -0.39 is 89.8 Å². The average Bonchev–Trinajstić information content (AvgIpc) is 3.01. The van der Waals surface area contributed by atoms with E-state index in [-0.39, 0.29) is 24.2 Å². The summed E-state index contributed by atoms with van der Waals surface area (Å²) >= 11 is 0. The van der Waals surface area contributed by atoms with Gasteiger partial charge in [-0.15, -0.1) is 0 Å². The maximum atomic E-state index is 14.1. The number of nitrogens with zero attached hydrogens (tertiary/aromatic N) is 3. The number of carbonyl (C=O) groups excluding carboxylic acids is 6. The number of likely N-dealkylation sites (N-methyl/N-ethyl adjacent to an activating group) is 3. The fourth-order valence-electron chi connectivity index (χ4n) is 5.89. The fraction of sp³-hybridized carbons (Fsp3) is 0.833. The second-order valence-electron chi connectivity index (χ2n) is 15.0. The molecule has 0 spiro atoms. The third-order valence-electron chi connectivity index (χ3n) is 9.44. The first-order chi connectivity index (χ1) is 22.1. The zero-order chi connectivity index (χ0) is 37.4. The van der Waals surface area contributed by atoms with Gasteiger partial charge in [0.2, 0.25) is 0 Å². The van der Waals surface area contributed by atoms with Gasteiger partial charge in [0, 0.05) is 21.1 Å². The van der Waals surface area contributed by atoms with Gasteiger partial charge in [0.25, 0.3) is 17.7 Å². The molecule has 1 aliphatic rings. The second-order valence-corrected chi connectivity index (χ2v) is 15.0. The summed E-state index contributed by atoms with van der Waals surface area (Å²) in [5, 5.41) is 0. The van der Waals surface area contributed by atoms with Crippen molar-refractivity contribution in [3.05, 3.63) is 0 Å². The number of carbonyl (C=O) groups is 6. The Bertz CT molecular complexity index is 1120. The van der Waals surface area contributed by atoms with E-state index in [0.717, 1.165) is 0 Å². The Labute approximate surface area is 288 Å². The topological polar surface area (TPSA) is 140 Å². The highest BCUT2D eigenvalue weighted by Crippen LogP contribution is 2.26. The number of esters is 3. The molecule has 1 rings (SSSR count). The van der Waals surface area contributed by atoms with Crippen LogP contribution in [-0.2, 0) is 43.0 Å². The molecule has 12 nitrogen and oxygen atoms in total. The zero-order valence-corrected chi connectivity index (χ0v) is 32.1. The van der Waals surface area contributed by atoms with Gasteiger partial charge in [-0.1, -0.05) is 95.9 Å². The summed E-state index contributed by atoms with van der Waals surface area (Å²) in [6, 6.07) is -3.29. The predicted molar refractivity (Wildman–Crippen MR) is 182 cm³/mol. The normalized spacial score (nSPS) is 27.7. The van der Waals surface area contributed by atoms with Crippen molar-refractivity contribution in [1.82, 2.24) is 14.7 Å². The minimum Gasteiger partial charge on any atom is -0.450 e. The van der Waals surface area contributed by atoms with E-state index in [2.05, 4.69) is 0 Å². The van der Waals surface area contributed by atoms with E-state index in [0.29, 0.717) is 12.8 Å². The first-order valence-electron chi connectivity index (χ1n) is 17.6. The van der Waals surface area contributed by atoms with Crippen LogP contribution in [0.25, 0.3) is 0 Å². The van der Waals surface area contributed by atoms with Gasteiger partial charge in [-0.2, -0.15) is 0 Å². The Morgan fingerprint density at radius 3 is 1.06 bits per heavy atom. The van der Waals surface area contributed by atoms with Crippen LogP contribution >= 0.6 is 0 Å². The van der Waals surface area contributed by atoms with E-state index in [9.17, 15) is 28.8 Å². The van der Waals surface area contributed by atoms with Gasteiger partial charge in [-0.25, -0.2) is 14.4 Å². The Morgan fingerprint density at radius 1 is 0.500 bits per heavy atom. The molecule has 8 atom stereocenters. The molecule has 0 saturated carbocycles. The average molecular weight is 682 g/mol. The van der Waals surface area contributed by atoms with E-state index in [1.807, 2.05) is 27.7 Å². The summed E-state index contributed by atoms with van der Waals surface area (Å²) in [6.45, 7) is 21.5. The van der Waals surface area contributed by atoms with Crippen LogP contribution < -0.4 is 0 Å². The molecule has 0 aromatic heterocycles. The number of amides is 3.